The van der Waals surface area contributed by atoms with Gasteiger partial charge in [-0.1, -0.05) is 104 Å². The van der Waals surface area contributed by atoms with E-state index in [1.54, 1.807) is 0 Å². The minimum Gasteiger partial charge on any atom is -0.396 e. The molecule has 4 aromatic rings. The van der Waals surface area contributed by atoms with Crippen molar-refractivity contribution in [3.8, 4) is 0 Å². The Morgan fingerprint density at radius 3 is 1.41 bits per heavy atom. The molecule has 0 saturated heterocycles. The van der Waals surface area contributed by atoms with Gasteiger partial charge >= 0.3 is 0 Å². The van der Waals surface area contributed by atoms with Gasteiger partial charge in [0.2, 0.25) is 0 Å². The standard InChI is InChI=1S/C10H4Cl4N4O2.C6H4Cl2N2O2.C4HCl3N2/c11-5-1-4(18(19)20)2-6(12)9(5)15-7-3-8(13)16-17-10(7)14;7-4-1-3(10(11)12)2-5(8)6(4)9;5-2-1-3(6)8-9-4(2)7/h1-3H,(H,15,16);1-2H,9H2;1H. The van der Waals surface area contributed by atoms with E-state index in [1.807, 2.05) is 0 Å². The SMILES string of the molecule is Clc1cc(Cl)c(Cl)nn1.Nc1c(Cl)cc([N+](=O)[O-])cc1Cl.O=[N+]([O-])c1cc(Cl)c(Nc2cc(Cl)nnc2Cl)c(Cl)c1. The second-order valence-electron chi connectivity index (χ2n) is 6.92. The largest absolute Gasteiger partial charge is 0.396 e. The van der Waals surface area contributed by atoms with Crippen LogP contribution in [0.4, 0.5) is 28.4 Å². The zero-order chi connectivity index (χ0) is 31.0. The van der Waals surface area contributed by atoms with E-state index >= 15 is 0 Å². The third kappa shape index (κ3) is 10.4. The second kappa shape index (κ2) is 15.7. The van der Waals surface area contributed by atoms with Crippen LogP contribution >= 0.6 is 104 Å². The van der Waals surface area contributed by atoms with E-state index < -0.39 is 9.85 Å². The van der Waals surface area contributed by atoms with Crippen molar-refractivity contribution in [2.75, 3.05) is 11.1 Å². The Bertz CT molecular complexity index is 1570. The Morgan fingerprint density at radius 2 is 1.00 bits per heavy atom. The number of nitrogens with one attached hydrogen (secondary N) is 1. The van der Waals surface area contributed by atoms with Crippen molar-refractivity contribution in [2.24, 2.45) is 0 Å². The predicted octanol–water partition coefficient (Wildman–Crippen LogP) is 9.66. The van der Waals surface area contributed by atoms with Crippen molar-refractivity contribution in [1.82, 2.24) is 20.4 Å². The number of nitro groups is 2. The normalized spacial score (nSPS) is 10.1. The zero-order valence-electron chi connectivity index (χ0n) is 19.3. The van der Waals surface area contributed by atoms with Crippen LogP contribution in [0.25, 0.3) is 0 Å². The van der Waals surface area contributed by atoms with Crippen LogP contribution in [-0.2, 0) is 0 Å². The number of anilines is 3. The van der Waals surface area contributed by atoms with Gasteiger partial charge in [-0.25, -0.2) is 0 Å². The Morgan fingerprint density at radius 1 is 0.585 bits per heavy atom. The number of non-ortho nitro benzene ring substituents is 2. The molecule has 4 rings (SSSR count). The lowest BCUT2D eigenvalue weighted by atomic mass is 10.2. The minimum absolute atomic E-state index is 0.0555. The number of aromatic nitrogens is 4. The highest BCUT2D eigenvalue weighted by Gasteiger charge is 2.16. The number of nitrogen functional groups attached to an aromatic ring is 1. The van der Waals surface area contributed by atoms with Gasteiger partial charge in [-0.3, -0.25) is 20.2 Å². The Kier molecular flexibility index (Phi) is 13.4. The summed E-state index contributed by atoms with van der Waals surface area (Å²) in [4.78, 5) is 19.8. The molecule has 0 amide bonds. The maximum atomic E-state index is 10.7. The van der Waals surface area contributed by atoms with E-state index in [9.17, 15) is 20.2 Å². The maximum Gasteiger partial charge on any atom is 0.272 e. The summed E-state index contributed by atoms with van der Waals surface area (Å²) in [5.74, 6) is 0. The molecule has 2 aromatic heterocycles. The van der Waals surface area contributed by atoms with Gasteiger partial charge in [0.25, 0.3) is 11.4 Å². The van der Waals surface area contributed by atoms with E-state index in [0.29, 0.717) is 10.7 Å². The molecule has 0 aliphatic heterocycles. The van der Waals surface area contributed by atoms with Crippen molar-refractivity contribution >= 4 is 133 Å². The number of nitro benzene ring substituents is 2. The van der Waals surface area contributed by atoms with Crippen LogP contribution in [0.2, 0.25) is 45.7 Å². The first-order chi connectivity index (χ1) is 19.1. The first kappa shape index (κ1) is 34.8. The molecule has 0 saturated carbocycles. The van der Waals surface area contributed by atoms with Crippen LogP contribution in [0.15, 0.2) is 36.4 Å². The molecule has 2 heterocycles. The summed E-state index contributed by atoms with van der Waals surface area (Å²) >= 11 is 50.9. The van der Waals surface area contributed by atoms with Gasteiger partial charge < -0.3 is 11.1 Å². The lowest BCUT2D eigenvalue weighted by Crippen LogP contribution is -1.97. The summed E-state index contributed by atoms with van der Waals surface area (Å²) < 4.78 is 0. The molecule has 41 heavy (non-hydrogen) atoms. The van der Waals surface area contributed by atoms with Crippen molar-refractivity contribution in [2.45, 2.75) is 0 Å². The van der Waals surface area contributed by atoms with E-state index in [2.05, 4.69) is 25.7 Å². The van der Waals surface area contributed by atoms with Gasteiger partial charge in [-0.15, -0.1) is 20.4 Å². The molecule has 0 radical (unpaired) electrons. The summed E-state index contributed by atoms with van der Waals surface area (Å²) in [6.07, 6.45) is 0. The van der Waals surface area contributed by atoms with E-state index in [1.165, 1.54) is 24.3 Å². The first-order valence-electron chi connectivity index (χ1n) is 9.93. The average molecular weight is 744 g/mol. The Hall–Kier alpha value is -2.39. The number of halogens is 9. The van der Waals surface area contributed by atoms with Gasteiger partial charge in [-0.2, -0.15) is 0 Å². The fourth-order valence-electron chi connectivity index (χ4n) is 2.37. The zero-order valence-corrected chi connectivity index (χ0v) is 26.1. The second-order valence-corrected chi connectivity index (χ2v) is 10.5. The van der Waals surface area contributed by atoms with E-state index in [-0.39, 0.29) is 63.5 Å². The topological polar surface area (TPSA) is 176 Å². The van der Waals surface area contributed by atoms with Crippen molar-refractivity contribution < 1.29 is 9.85 Å². The third-order valence-corrected chi connectivity index (χ3v) is 6.70. The van der Waals surface area contributed by atoms with Gasteiger partial charge in [0.05, 0.1) is 52.0 Å². The highest BCUT2D eigenvalue weighted by Crippen LogP contribution is 2.38. The fourth-order valence-corrected chi connectivity index (χ4v) is 4.14. The first-order valence-corrected chi connectivity index (χ1v) is 13.3. The molecular weight excluding hydrogens is 735 g/mol. The van der Waals surface area contributed by atoms with Gasteiger partial charge in [0, 0.05) is 30.3 Å². The van der Waals surface area contributed by atoms with Gasteiger partial charge in [-0.05, 0) is 6.07 Å². The number of hydrogen-bond acceptors (Lipinski definition) is 10. The van der Waals surface area contributed by atoms with Gasteiger partial charge in [0.15, 0.2) is 20.6 Å². The minimum atomic E-state index is -0.598. The quantitative estimate of drug-likeness (QED) is 0.116. The number of nitrogens with two attached hydrogens (primary N) is 1. The number of hydrogen-bond donors (Lipinski definition) is 2. The smallest absolute Gasteiger partial charge is 0.272 e. The highest BCUT2D eigenvalue weighted by atomic mass is 35.5. The number of benzene rings is 2. The van der Waals surface area contributed by atoms with Crippen LogP contribution in [0.3, 0.4) is 0 Å². The van der Waals surface area contributed by atoms with Crippen LogP contribution < -0.4 is 11.1 Å². The van der Waals surface area contributed by atoms with Crippen LogP contribution in [0.1, 0.15) is 0 Å². The third-order valence-electron chi connectivity index (χ3n) is 4.17. The van der Waals surface area contributed by atoms with E-state index in [0.717, 1.165) is 12.1 Å². The van der Waals surface area contributed by atoms with Crippen LogP contribution in [0.5, 0.6) is 0 Å². The molecule has 0 aliphatic carbocycles. The Balaban J connectivity index is 0.000000237. The lowest BCUT2D eigenvalue weighted by Gasteiger charge is -2.11. The molecule has 0 spiro atoms. The molecule has 0 aliphatic rings. The van der Waals surface area contributed by atoms with E-state index in [4.69, 9.17) is 110 Å². The molecule has 0 unspecified atom stereocenters. The highest BCUT2D eigenvalue weighted by molar-refractivity contribution is 6.42. The molecule has 12 nitrogen and oxygen atoms in total. The van der Waals surface area contributed by atoms with Crippen molar-refractivity contribution in [1.29, 1.82) is 0 Å². The molecule has 21 heteroatoms. The number of nitrogens with zero attached hydrogens (tertiary/aromatic N) is 6. The van der Waals surface area contributed by atoms with Crippen LogP contribution in [0, 0.1) is 20.2 Å². The Labute approximate surface area is 274 Å². The molecule has 3 N–H and O–H groups in total. The van der Waals surface area contributed by atoms with Crippen LogP contribution in [-0.4, -0.2) is 30.2 Å². The van der Waals surface area contributed by atoms with Crippen molar-refractivity contribution in [3.63, 3.8) is 0 Å². The molecule has 0 atom stereocenters. The van der Waals surface area contributed by atoms with Gasteiger partial charge in [0.1, 0.15) is 0 Å². The molecule has 216 valence electrons. The lowest BCUT2D eigenvalue weighted by molar-refractivity contribution is -0.385. The molecule has 0 bridgehead atoms. The maximum absolute atomic E-state index is 10.7. The summed E-state index contributed by atoms with van der Waals surface area (Å²) in [7, 11) is 0. The molecule has 0 fully saturated rings. The fraction of sp³-hybridized carbons (Fsp3) is 0. The summed E-state index contributed by atoms with van der Waals surface area (Å²) in [6.45, 7) is 0. The van der Waals surface area contributed by atoms with Crippen molar-refractivity contribution in [3.05, 3.63) is 102 Å². The molecular formula is C20H9Cl9N8O4. The average Bonchev–Trinajstić information content (AvgIpc) is 2.89. The molecule has 2 aromatic carbocycles. The summed E-state index contributed by atoms with van der Waals surface area (Å²) in [5.41, 5.74) is 5.71. The monoisotopic (exact) mass is 740 g/mol. The summed E-state index contributed by atoms with van der Waals surface area (Å²) in [6, 6.07) is 7.49. The predicted molar refractivity (Wildman–Crippen MR) is 163 cm³/mol. The number of rotatable bonds is 4. The summed E-state index contributed by atoms with van der Waals surface area (Å²) in [5, 5.41) is 39.0.